The van der Waals surface area contributed by atoms with Crippen LogP contribution in [-0.4, -0.2) is 77.1 Å². The third-order valence-corrected chi connectivity index (χ3v) is 5.45. The molecule has 0 aliphatic carbocycles. The summed E-state index contributed by atoms with van der Waals surface area (Å²) in [5.74, 6) is 0. The van der Waals surface area contributed by atoms with E-state index in [0.29, 0.717) is 32.3 Å². The molecule has 0 radical (unpaired) electrons. The minimum atomic E-state index is -0.841. The Morgan fingerprint density at radius 2 is 1.92 bits per heavy atom. The zero-order valence-corrected chi connectivity index (χ0v) is 14.9. The molecule has 2 N–H and O–H groups in total. The molecule has 1 aromatic rings. The van der Waals surface area contributed by atoms with Crippen molar-refractivity contribution in [3.63, 3.8) is 0 Å². The number of morpholine rings is 1. The van der Waals surface area contributed by atoms with E-state index in [1.165, 1.54) is 10.5 Å². The van der Waals surface area contributed by atoms with E-state index in [4.69, 9.17) is 21.4 Å². The molecule has 0 saturated carbocycles. The van der Waals surface area contributed by atoms with Crippen molar-refractivity contribution in [2.24, 2.45) is 0 Å². The highest BCUT2D eigenvalue weighted by Crippen LogP contribution is 2.25. The Morgan fingerprint density at radius 1 is 1.24 bits per heavy atom. The van der Waals surface area contributed by atoms with Crippen LogP contribution in [0.15, 0.2) is 24.3 Å². The SMILES string of the molecule is O=C(O)N1CCC(N2C[C@H](CO)OC[C@@H]2Cc2ccc(Cl)cc2)CC1. The van der Waals surface area contributed by atoms with Crippen molar-refractivity contribution in [2.75, 3.05) is 32.8 Å². The standard InChI is InChI=1S/C18H25ClN2O4/c19-14-3-1-13(2-4-14)9-16-12-25-17(11-22)10-21(16)15-5-7-20(8-6-15)18(23)24/h1-4,15-17,22H,5-12H2,(H,23,24)/t16-,17+/m0/s1. The normalized spacial score (nSPS) is 25.9. The Hall–Kier alpha value is -1.34. The summed E-state index contributed by atoms with van der Waals surface area (Å²) in [6, 6.07) is 8.41. The number of piperidine rings is 1. The zero-order chi connectivity index (χ0) is 17.8. The summed E-state index contributed by atoms with van der Waals surface area (Å²) in [5, 5.41) is 19.3. The third-order valence-electron chi connectivity index (χ3n) is 5.20. The van der Waals surface area contributed by atoms with Crippen LogP contribution in [0, 0.1) is 0 Å². The second-order valence-electron chi connectivity index (χ2n) is 6.82. The Balaban J connectivity index is 1.67. The van der Waals surface area contributed by atoms with Gasteiger partial charge in [-0.15, -0.1) is 0 Å². The number of rotatable bonds is 4. The number of carbonyl (C=O) groups is 1. The predicted octanol–water partition coefficient (Wildman–Crippen LogP) is 2.09. The number of likely N-dealkylation sites (tertiary alicyclic amines) is 1. The first-order valence-corrected chi connectivity index (χ1v) is 9.15. The molecule has 2 saturated heterocycles. The van der Waals surface area contributed by atoms with Gasteiger partial charge in [0.15, 0.2) is 0 Å². The quantitative estimate of drug-likeness (QED) is 0.851. The number of hydrogen-bond acceptors (Lipinski definition) is 4. The molecule has 1 amide bonds. The fourth-order valence-electron chi connectivity index (χ4n) is 3.79. The van der Waals surface area contributed by atoms with E-state index in [-0.39, 0.29) is 18.8 Å². The summed E-state index contributed by atoms with van der Waals surface area (Å²) >= 11 is 5.97. The lowest BCUT2D eigenvalue weighted by atomic mass is 9.96. The van der Waals surface area contributed by atoms with Crippen molar-refractivity contribution >= 4 is 17.7 Å². The summed E-state index contributed by atoms with van der Waals surface area (Å²) in [7, 11) is 0. The van der Waals surface area contributed by atoms with Crippen LogP contribution in [0.2, 0.25) is 5.02 Å². The number of halogens is 1. The smallest absolute Gasteiger partial charge is 0.407 e. The lowest BCUT2D eigenvalue weighted by molar-refractivity contribution is -0.101. The molecule has 6 nitrogen and oxygen atoms in total. The number of amides is 1. The zero-order valence-electron chi connectivity index (χ0n) is 14.2. The van der Waals surface area contributed by atoms with E-state index in [1.807, 2.05) is 24.3 Å². The van der Waals surface area contributed by atoms with E-state index in [2.05, 4.69) is 4.90 Å². The van der Waals surface area contributed by atoms with Crippen molar-refractivity contribution in [1.29, 1.82) is 0 Å². The van der Waals surface area contributed by atoms with E-state index >= 15 is 0 Å². The topological polar surface area (TPSA) is 73.2 Å². The molecule has 0 unspecified atom stereocenters. The van der Waals surface area contributed by atoms with Gasteiger partial charge in [0.2, 0.25) is 0 Å². The molecule has 0 bridgehead atoms. The summed E-state index contributed by atoms with van der Waals surface area (Å²) in [6.45, 7) is 2.40. The molecule has 2 aliphatic heterocycles. The average molecular weight is 369 g/mol. The first kappa shape index (κ1) is 18.5. The van der Waals surface area contributed by atoms with Crippen LogP contribution < -0.4 is 0 Å². The molecule has 2 heterocycles. The van der Waals surface area contributed by atoms with E-state index in [1.54, 1.807) is 0 Å². The summed E-state index contributed by atoms with van der Waals surface area (Å²) < 4.78 is 5.79. The molecular formula is C18H25ClN2O4. The second kappa shape index (κ2) is 8.36. The minimum Gasteiger partial charge on any atom is -0.465 e. The number of aliphatic hydroxyl groups excluding tert-OH is 1. The van der Waals surface area contributed by atoms with Crippen molar-refractivity contribution in [3.05, 3.63) is 34.9 Å². The van der Waals surface area contributed by atoms with Gasteiger partial charge in [-0.2, -0.15) is 0 Å². The maximum Gasteiger partial charge on any atom is 0.407 e. The first-order chi connectivity index (χ1) is 12.1. The molecule has 2 fully saturated rings. The molecule has 7 heteroatoms. The van der Waals surface area contributed by atoms with Gasteiger partial charge in [0, 0.05) is 36.7 Å². The largest absolute Gasteiger partial charge is 0.465 e. The van der Waals surface area contributed by atoms with Gasteiger partial charge in [-0.1, -0.05) is 23.7 Å². The summed E-state index contributed by atoms with van der Waals surface area (Å²) in [6.07, 6.45) is 1.49. The molecule has 25 heavy (non-hydrogen) atoms. The number of aliphatic hydroxyl groups is 1. The Bertz CT molecular complexity index is 575. The van der Waals surface area contributed by atoms with E-state index in [9.17, 15) is 9.90 Å². The number of hydrogen-bond donors (Lipinski definition) is 2. The van der Waals surface area contributed by atoms with E-state index < -0.39 is 6.09 Å². The lowest BCUT2D eigenvalue weighted by Crippen LogP contribution is -2.58. The van der Waals surface area contributed by atoms with Crippen molar-refractivity contribution in [2.45, 2.75) is 37.5 Å². The highest BCUT2D eigenvalue weighted by Gasteiger charge is 2.35. The number of benzene rings is 1. The van der Waals surface area contributed by atoms with Crippen LogP contribution in [0.25, 0.3) is 0 Å². The number of carboxylic acid groups (broad SMARTS) is 1. The van der Waals surface area contributed by atoms with Crippen LogP contribution in [0.1, 0.15) is 18.4 Å². The maximum atomic E-state index is 11.1. The molecule has 0 spiro atoms. The summed E-state index contributed by atoms with van der Waals surface area (Å²) in [5.41, 5.74) is 1.20. The van der Waals surface area contributed by atoms with Gasteiger partial charge in [-0.3, -0.25) is 4.90 Å². The van der Waals surface area contributed by atoms with Crippen LogP contribution >= 0.6 is 11.6 Å². The summed E-state index contributed by atoms with van der Waals surface area (Å²) in [4.78, 5) is 15.0. The lowest BCUT2D eigenvalue weighted by Gasteiger charge is -2.46. The molecule has 2 aliphatic rings. The monoisotopic (exact) mass is 368 g/mol. The fourth-order valence-corrected chi connectivity index (χ4v) is 3.92. The predicted molar refractivity (Wildman–Crippen MR) is 95.1 cm³/mol. The molecular weight excluding hydrogens is 344 g/mol. The van der Waals surface area contributed by atoms with Crippen LogP contribution in [0.3, 0.4) is 0 Å². The van der Waals surface area contributed by atoms with Crippen LogP contribution in [0.5, 0.6) is 0 Å². The molecule has 1 aromatic carbocycles. The van der Waals surface area contributed by atoms with Gasteiger partial charge in [-0.05, 0) is 37.0 Å². The van der Waals surface area contributed by atoms with Crippen molar-refractivity contribution < 1.29 is 19.7 Å². The van der Waals surface area contributed by atoms with Gasteiger partial charge in [-0.25, -0.2) is 4.79 Å². The van der Waals surface area contributed by atoms with E-state index in [0.717, 1.165) is 24.3 Å². The first-order valence-electron chi connectivity index (χ1n) is 8.77. The number of ether oxygens (including phenoxy) is 1. The average Bonchev–Trinajstić information content (AvgIpc) is 2.64. The Labute approximate surface area is 152 Å². The Morgan fingerprint density at radius 3 is 2.52 bits per heavy atom. The van der Waals surface area contributed by atoms with Gasteiger partial charge < -0.3 is 19.8 Å². The van der Waals surface area contributed by atoms with Crippen LogP contribution in [0.4, 0.5) is 4.79 Å². The van der Waals surface area contributed by atoms with Crippen molar-refractivity contribution in [1.82, 2.24) is 9.80 Å². The third kappa shape index (κ3) is 4.64. The fraction of sp³-hybridized carbons (Fsp3) is 0.611. The van der Waals surface area contributed by atoms with Gasteiger partial charge >= 0.3 is 6.09 Å². The van der Waals surface area contributed by atoms with Crippen molar-refractivity contribution in [3.8, 4) is 0 Å². The molecule has 0 aromatic heterocycles. The minimum absolute atomic E-state index is 0.0120. The second-order valence-corrected chi connectivity index (χ2v) is 7.26. The van der Waals surface area contributed by atoms with Gasteiger partial charge in [0.1, 0.15) is 0 Å². The van der Waals surface area contributed by atoms with Gasteiger partial charge in [0.25, 0.3) is 0 Å². The molecule has 138 valence electrons. The highest BCUT2D eigenvalue weighted by atomic mass is 35.5. The molecule has 2 atom stereocenters. The highest BCUT2D eigenvalue weighted by molar-refractivity contribution is 6.30. The van der Waals surface area contributed by atoms with Gasteiger partial charge in [0.05, 0.1) is 19.3 Å². The van der Waals surface area contributed by atoms with Crippen LogP contribution in [-0.2, 0) is 11.2 Å². The maximum absolute atomic E-state index is 11.1. The number of nitrogens with zero attached hydrogens (tertiary/aromatic N) is 2. The Kier molecular flexibility index (Phi) is 6.17. The molecule has 3 rings (SSSR count).